The Bertz CT molecular complexity index is 735. The molecule has 31 heavy (non-hydrogen) atoms. The molecule has 3 rings (SSSR count). The number of rotatable bonds is 10. The Kier molecular flexibility index (Phi) is 8.11. The van der Waals surface area contributed by atoms with Crippen molar-refractivity contribution in [3.05, 3.63) is 29.8 Å². The van der Waals surface area contributed by atoms with Crippen LogP contribution in [0.4, 0.5) is 13.2 Å². The first-order valence-electron chi connectivity index (χ1n) is 10.1. The summed E-state index contributed by atoms with van der Waals surface area (Å²) in [7, 11) is 1.55. The Labute approximate surface area is 178 Å². The molecular weight excluding hydrogens is 421 g/mol. The van der Waals surface area contributed by atoms with E-state index < -0.39 is 24.7 Å². The molecule has 8 nitrogen and oxygen atoms in total. The Balaban J connectivity index is 1.43. The molecule has 5 unspecified atom stereocenters. The molecule has 1 amide bonds. The summed E-state index contributed by atoms with van der Waals surface area (Å²) in [6.07, 6.45) is -6.80. The quantitative estimate of drug-likeness (QED) is 0.462. The zero-order chi connectivity index (χ0) is 22.4. The van der Waals surface area contributed by atoms with Crippen LogP contribution in [-0.4, -0.2) is 74.7 Å². The highest BCUT2D eigenvalue weighted by atomic mass is 19.4. The van der Waals surface area contributed by atoms with Gasteiger partial charge in [0.15, 0.2) is 0 Å². The molecule has 11 heteroatoms. The van der Waals surface area contributed by atoms with Gasteiger partial charge in [-0.2, -0.15) is 0 Å². The van der Waals surface area contributed by atoms with E-state index in [0.29, 0.717) is 25.1 Å². The fourth-order valence-corrected chi connectivity index (χ4v) is 3.80. The molecule has 5 atom stereocenters. The number of aliphatic hydroxyl groups is 1. The molecule has 2 heterocycles. The molecule has 0 bridgehead atoms. The third kappa shape index (κ3) is 6.78. The number of hydrogen-bond donors (Lipinski definition) is 3. The summed E-state index contributed by atoms with van der Waals surface area (Å²) in [4.78, 5) is 11.9. The minimum absolute atomic E-state index is 0.110. The molecule has 1 aromatic rings. The summed E-state index contributed by atoms with van der Waals surface area (Å²) in [6.45, 7) is 1.17. The fourth-order valence-electron chi connectivity index (χ4n) is 3.80. The van der Waals surface area contributed by atoms with Crippen molar-refractivity contribution in [3.8, 4) is 5.75 Å². The first-order valence-corrected chi connectivity index (χ1v) is 10.1. The second kappa shape index (κ2) is 10.6. The van der Waals surface area contributed by atoms with Crippen LogP contribution in [-0.2, 0) is 25.5 Å². The number of amides is 1. The molecule has 174 valence electrons. The van der Waals surface area contributed by atoms with E-state index in [1.807, 2.05) is 0 Å². The standard InChI is InChI=1S/C20H27F3N2O6/c1-28-7-6-25-17(26)9-13-8-15-19(29-13)18(27)16(30-15)11-24-10-12-4-2-3-5-14(12)31-20(21,22)23/h2-5,13,15-16,18-19,24,27H,6-11H2,1H3,(H,25,26). The van der Waals surface area contributed by atoms with Crippen molar-refractivity contribution in [3.63, 3.8) is 0 Å². The van der Waals surface area contributed by atoms with E-state index in [-0.39, 0.29) is 43.4 Å². The number of nitrogens with one attached hydrogen (secondary N) is 2. The number of alkyl halides is 3. The van der Waals surface area contributed by atoms with E-state index in [2.05, 4.69) is 15.4 Å². The van der Waals surface area contributed by atoms with Crippen LogP contribution in [0.1, 0.15) is 18.4 Å². The molecule has 2 aliphatic rings. The average molecular weight is 448 g/mol. The SMILES string of the molecule is COCCNC(=O)CC1CC2OC(CNCc3ccccc3OC(F)(F)F)C(O)C2O1. The Hall–Kier alpha value is -1.92. The summed E-state index contributed by atoms with van der Waals surface area (Å²) in [5.74, 6) is -0.434. The van der Waals surface area contributed by atoms with Crippen LogP contribution in [0.15, 0.2) is 24.3 Å². The van der Waals surface area contributed by atoms with E-state index in [4.69, 9.17) is 14.2 Å². The van der Waals surface area contributed by atoms with E-state index in [9.17, 15) is 23.1 Å². The van der Waals surface area contributed by atoms with Crippen LogP contribution < -0.4 is 15.4 Å². The van der Waals surface area contributed by atoms with Crippen LogP contribution in [0.25, 0.3) is 0 Å². The van der Waals surface area contributed by atoms with E-state index in [0.717, 1.165) is 0 Å². The number of carbonyl (C=O) groups excluding carboxylic acids is 1. The molecule has 0 radical (unpaired) electrons. The van der Waals surface area contributed by atoms with Gasteiger partial charge < -0.3 is 34.7 Å². The van der Waals surface area contributed by atoms with Gasteiger partial charge in [-0.1, -0.05) is 18.2 Å². The number of methoxy groups -OCH3 is 1. The van der Waals surface area contributed by atoms with E-state index in [1.54, 1.807) is 13.2 Å². The number of halogens is 3. The summed E-state index contributed by atoms with van der Waals surface area (Å²) in [5, 5.41) is 16.2. The number of para-hydroxylation sites is 1. The van der Waals surface area contributed by atoms with Gasteiger partial charge in [-0.3, -0.25) is 4.79 Å². The Morgan fingerprint density at radius 3 is 2.77 bits per heavy atom. The van der Waals surface area contributed by atoms with Crippen molar-refractivity contribution in [1.82, 2.24) is 10.6 Å². The van der Waals surface area contributed by atoms with Crippen molar-refractivity contribution in [2.45, 2.75) is 56.3 Å². The largest absolute Gasteiger partial charge is 0.573 e. The van der Waals surface area contributed by atoms with Crippen molar-refractivity contribution < 1.29 is 42.0 Å². The zero-order valence-electron chi connectivity index (χ0n) is 17.1. The number of benzene rings is 1. The van der Waals surface area contributed by atoms with Crippen LogP contribution >= 0.6 is 0 Å². The highest BCUT2D eigenvalue weighted by Crippen LogP contribution is 2.35. The molecule has 2 aliphatic heterocycles. The lowest BCUT2D eigenvalue weighted by Gasteiger charge is -2.20. The molecule has 0 aliphatic carbocycles. The van der Waals surface area contributed by atoms with Gasteiger partial charge in [0.25, 0.3) is 0 Å². The van der Waals surface area contributed by atoms with Crippen LogP contribution in [0.5, 0.6) is 5.75 Å². The topological polar surface area (TPSA) is 98.3 Å². The smallest absolute Gasteiger partial charge is 0.405 e. The minimum Gasteiger partial charge on any atom is -0.405 e. The van der Waals surface area contributed by atoms with Gasteiger partial charge in [0, 0.05) is 38.7 Å². The molecule has 3 N–H and O–H groups in total. The summed E-state index contributed by atoms with van der Waals surface area (Å²) in [6, 6.07) is 5.85. The highest BCUT2D eigenvalue weighted by molar-refractivity contribution is 5.76. The summed E-state index contributed by atoms with van der Waals surface area (Å²) >= 11 is 0. The van der Waals surface area contributed by atoms with Crippen molar-refractivity contribution in [2.24, 2.45) is 0 Å². The van der Waals surface area contributed by atoms with Crippen molar-refractivity contribution in [2.75, 3.05) is 26.8 Å². The van der Waals surface area contributed by atoms with Gasteiger partial charge in [-0.05, 0) is 6.07 Å². The second-order valence-corrected chi connectivity index (χ2v) is 7.50. The maximum atomic E-state index is 12.5. The maximum Gasteiger partial charge on any atom is 0.573 e. The maximum absolute atomic E-state index is 12.5. The van der Waals surface area contributed by atoms with Crippen LogP contribution in [0.2, 0.25) is 0 Å². The zero-order valence-corrected chi connectivity index (χ0v) is 17.1. The third-order valence-electron chi connectivity index (χ3n) is 5.18. The first-order chi connectivity index (χ1) is 14.8. The van der Waals surface area contributed by atoms with Gasteiger partial charge in [0.05, 0.1) is 31.3 Å². The summed E-state index contributed by atoms with van der Waals surface area (Å²) < 4.78 is 58.1. The van der Waals surface area contributed by atoms with Gasteiger partial charge in [-0.25, -0.2) is 0 Å². The van der Waals surface area contributed by atoms with Gasteiger partial charge >= 0.3 is 6.36 Å². The molecule has 2 fully saturated rings. The molecule has 0 spiro atoms. The molecule has 0 saturated carbocycles. The van der Waals surface area contributed by atoms with Crippen LogP contribution in [0, 0.1) is 0 Å². The minimum atomic E-state index is -4.77. The van der Waals surface area contributed by atoms with E-state index in [1.165, 1.54) is 18.2 Å². The number of fused-ring (bicyclic) bond motifs is 1. The third-order valence-corrected chi connectivity index (χ3v) is 5.18. The molecule has 0 aromatic heterocycles. The molecular formula is C20H27F3N2O6. The monoisotopic (exact) mass is 448 g/mol. The molecule has 1 aromatic carbocycles. The molecule has 2 saturated heterocycles. The average Bonchev–Trinajstić information content (AvgIpc) is 3.21. The first kappa shape index (κ1) is 23.7. The second-order valence-electron chi connectivity index (χ2n) is 7.50. The van der Waals surface area contributed by atoms with Crippen LogP contribution in [0.3, 0.4) is 0 Å². The summed E-state index contributed by atoms with van der Waals surface area (Å²) in [5.41, 5.74) is 0.336. The number of ether oxygens (including phenoxy) is 4. The Morgan fingerprint density at radius 1 is 1.29 bits per heavy atom. The predicted octanol–water partition coefficient (Wildman–Crippen LogP) is 1.11. The lowest BCUT2D eigenvalue weighted by atomic mass is 10.1. The van der Waals surface area contributed by atoms with Gasteiger partial charge in [0.1, 0.15) is 18.0 Å². The lowest BCUT2D eigenvalue weighted by Crippen LogP contribution is -2.39. The number of aliphatic hydroxyl groups excluding tert-OH is 1. The van der Waals surface area contributed by atoms with Crippen molar-refractivity contribution >= 4 is 5.91 Å². The lowest BCUT2D eigenvalue weighted by molar-refractivity contribution is -0.274. The van der Waals surface area contributed by atoms with Gasteiger partial charge in [0.2, 0.25) is 5.91 Å². The highest BCUT2D eigenvalue weighted by Gasteiger charge is 2.50. The van der Waals surface area contributed by atoms with Crippen molar-refractivity contribution in [1.29, 1.82) is 0 Å². The van der Waals surface area contributed by atoms with Gasteiger partial charge in [-0.15, -0.1) is 13.2 Å². The normalized spacial score (nSPS) is 27.8. The number of carbonyl (C=O) groups is 1. The Morgan fingerprint density at radius 2 is 2.06 bits per heavy atom. The predicted molar refractivity (Wildman–Crippen MR) is 102 cm³/mol. The number of hydrogen-bond acceptors (Lipinski definition) is 7. The van der Waals surface area contributed by atoms with E-state index >= 15 is 0 Å². The fraction of sp³-hybridized carbons (Fsp3) is 0.650.